The number of H-pyrrole nitrogens is 1. The number of halogens is 1. The average molecular weight is 386 g/mol. The van der Waals surface area contributed by atoms with Gasteiger partial charge >= 0.3 is 0 Å². The number of aromatic amines is 1. The molecule has 19 heavy (non-hydrogen) atoms. The van der Waals surface area contributed by atoms with Crippen molar-refractivity contribution in [2.24, 2.45) is 0 Å². The molecular weight excluding hydrogens is 379 g/mol. The van der Waals surface area contributed by atoms with Gasteiger partial charge in [-0.2, -0.15) is 0 Å². The van der Waals surface area contributed by atoms with E-state index >= 15 is 0 Å². The minimum absolute atomic E-state index is 0.182. The SMILES string of the molecule is Nc1ccc2oc(Sc3nc[nH]c(=O)c3I)nc2c1. The van der Waals surface area contributed by atoms with Gasteiger partial charge < -0.3 is 15.1 Å². The fourth-order valence-corrected chi connectivity index (χ4v) is 2.84. The van der Waals surface area contributed by atoms with Crippen LogP contribution in [-0.2, 0) is 0 Å². The summed E-state index contributed by atoms with van der Waals surface area (Å²) >= 11 is 3.14. The molecule has 0 atom stereocenters. The predicted molar refractivity (Wildman–Crippen MR) is 80.1 cm³/mol. The number of anilines is 1. The zero-order chi connectivity index (χ0) is 13.4. The topological polar surface area (TPSA) is 97.8 Å². The molecule has 3 rings (SSSR count). The van der Waals surface area contributed by atoms with E-state index in [0.29, 0.717) is 30.6 Å². The highest BCUT2D eigenvalue weighted by molar-refractivity contribution is 14.1. The number of rotatable bonds is 2. The van der Waals surface area contributed by atoms with Gasteiger partial charge in [0.15, 0.2) is 5.58 Å². The minimum atomic E-state index is -0.182. The number of nitrogen functional groups attached to an aromatic ring is 1. The zero-order valence-electron chi connectivity index (χ0n) is 9.38. The van der Waals surface area contributed by atoms with E-state index in [1.165, 1.54) is 18.1 Å². The first-order valence-electron chi connectivity index (χ1n) is 5.20. The Labute approximate surface area is 125 Å². The molecule has 8 heteroatoms. The number of oxazole rings is 1. The zero-order valence-corrected chi connectivity index (χ0v) is 12.4. The lowest BCUT2D eigenvalue weighted by atomic mass is 10.3. The highest BCUT2D eigenvalue weighted by Gasteiger charge is 2.12. The van der Waals surface area contributed by atoms with Gasteiger partial charge in [-0.3, -0.25) is 4.79 Å². The molecule has 0 saturated heterocycles. The standard InChI is InChI=1S/C11H7IN4O2S/c12-8-9(17)14-4-15-10(8)19-11-16-6-3-5(13)1-2-7(6)18-11/h1-4H,13H2,(H,14,15,17). The maximum absolute atomic E-state index is 11.5. The van der Waals surface area contributed by atoms with E-state index in [1.54, 1.807) is 18.2 Å². The highest BCUT2D eigenvalue weighted by Crippen LogP contribution is 2.30. The molecule has 0 spiro atoms. The van der Waals surface area contributed by atoms with Crippen LogP contribution >= 0.6 is 34.4 Å². The Balaban J connectivity index is 2.01. The van der Waals surface area contributed by atoms with Crippen LogP contribution in [0.5, 0.6) is 0 Å². The minimum Gasteiger partial charge on any atom is -0.431 e. The molecule has 0 bridgehead atoms. The van der Waals surface area contributed by atoms with Crippen molar-refractivity contribution in [3.8, 4) is 0 Å². The fourth-order valence-electron chi connectivity index (χ4n) is 1.49. The average Bonchev–Trinajstić information content (AvgIpc) is 2.76. The van der Waals surface area contributed by atoms with Gasteiger partial charge in [0.2, 0.25) is 0 Å². The van der Waals surface area contributed by atoms with Crippen molar-refractivity contribution in [3.05, 3.63) is 38.5 Å². The van der Waals surface area contributed by atoms with E-state index in [2.05, 4.69) is 15.0 Å². The number of nitrogens with zero attached hydrogens (tertiary/aromatic N) is 2. The fraction of sp³-hybridized carbons (Fsp3) is 0. The highest BCUT2D eigenvalue weighted by atomic mass is 127. The number of nitrogens with two attached hydrogens (primary N) is 1. The number of benzene rings is 1. The van der Waals surface area contributed by atoms with Crippen LogP contribution in [0.15, 0.2) is 44.0 Å². The van der Waals surface area contributed by atoms with E-state index in [0.717, 1.165) is 0 Å². The summed E-state index contributed by atoms with van der Waals surface area (Å²) in [5.74, 6) is 0. The smallest absolute Gasteiger partial charge is 0.265 e. The molecule has 0 aliphatic heterocycles. The van der Waals surface area contributed by atoms with Crippen LogP contribution in [0.3, 0.4) is 0 Å². The number of fused-ring (bicyclic) bond motifs is 1. The Kier molecular flexibility index (Phi) is 3.19. The van der Waals surface area contributed by atoms with Crippen LogP contribution in [0.25, 0.3) is 11.1 Å². The van der Waals surface area contributed by atoms with Gasteiger partial charge in [0.25, 0.3) is 10.8 Å². The van der Waals surface area contributed by atoms with E-state index in [4.69, 9.17) is 10.2 Å². The van der Waals surface area contributed by atoms with Crippen LogP contribution in [0.4, 0.5) is 5.69 Å². The molecule has 6 nitrogen and oxygen atoms in total. The van der Waals surface area contributed by atoms with E-state index < -0.39 is 0 Å². The monoisotopic (exact) mass is 386 g/mol. The maximum atomic E-state index is 11.5. The summed E-state index contributed by atoms with van der Waals surface area (Å²) in [4.78, 5) is 22.4. The van der Waals surface area contributed by atoms with Gasteiger partial charge in [-0.25, -0.2) is 9.97 Å². The van der Waals surface area contributed by atoms with Gasteiger partial charge in [-0.15, -0.1) is 0 Å². The van der Waals surface area contributed by atoms with Crippen LogP contribution in [0, 0.1) is 3.57 Å². The molecule has 0 saturated carbocycles. The van der Waals surface area contributed by atoms with E-state index in [9.17, 15) is 4.79 Å². The van der Waals surface area contributed by atoms with Gasteiger partial charge in [0.05, 0.1) is 6.33 Å². The summed E-state index contributed by atoms with van der Waals surface area (Å²) in [6.07, 6.45) is 1.35. The second-order valence-electron chi connectivity index (χ2n) is 3.66. The Bertz CT molecular complexity index is 814. The molecule has 0 fully saturated rings. The second kappa shape index (κ2) is 4.85. The molecule has 0 amide bonds. The van der Waals surface area contributed by atoms with Crippen molar-refractivity contribution in [2.45, 2.75) is 10.2 Å². The quantitative estimate of drug-likeness (QED) is 0.398. The van der Waals surface area contributed by atoms with Crippen molar-refractivity contribution >= 4 is 51.1 Å². The summed E-state index contributed by atoms with van der Waals surface area (Å²) in [5.41, 5.74) is 7.46. The van der Waals surface area contributed by atoms with Crippen molar-refractivity contribution < 1.29 is 4.42 Å². The van der Waals surface area contributed by atoms with Crippen LogP contribution in [0.1, 0.15) is 0 Å². The Morgan fingerprint density at radius 2 is 2.26 bits per heavy atom. The second-order valence-corrected chi connectivity index (χ2v) is 5.68. The number of hydrogen-bond donors (Lipinski definition) is 2. The molecule has 3 aromatic rings. The van der Waals surface area contributed by atoms with E-state index in [-0.39, 0.29) is 5.56 Å². The van der Waals surface area contributed by atoms with Crippen molar-refractivity contribution in [2.75, 3.05) is 5.73 Å². The summed E-state index contributed by atoms with van der Waals surface area (Å²) in [6, 6.07) is 5.24. The third kappa shape index (κ3) is 2.45. The Morgan fingerprint density at radius 3 is 3.11 bits per heavy atom. The molecule has 3 N–H and O–H groups in total. The van der Waals surface area contributed by atoms with Crippen molar-refractivity contribution in [1.82, 2.24) is 15.0 Å². The number of hydrogen-bond acceptors (Lipinski definition) is 6. The van der Waals surface area contributed by atoms with E-state index in [1.807, 2.05) is 22.6 Å². The predicted octanol–water partition coefficient (Wildman–Crippen LogP) is 2.25. The van der Waals surface area contributed by atoms with Crippen molar-refractivity contribution in [3.63, 3.8) is 0 Å². The maximum Gasteiger partial charge on any atom is 0.265 e. The van der Waals surface area contributed by atoms with Gasteiger partial charge in [-0.1, -0.05) is 0 Å². The van der Waals surface area contributed by atoms with Crippen LogP contribution in [-0.4, -0.2) is 15.0 Å². The normalized spacial score (nSPS) is 11.0. The largest absolute Gasteiger partial charge is 0.431 e. The molecule has 1 aromatic carbocycles. The Morgan fingerprint density at radius 1 is 1.42 bits per heavy atom. The number of nitrogens with one attached hydrogen (secondary N) is 1. The lowest BCUT2D eigenvalue weighted by Gasteiger charge is -1.97. The van der Waals surface area contributed by atoms with Gasteiger partial charge in [-0.05, 0) is 52.6 Å². The molecule has 2 heterocycles. The summed E-state index contributed by atoms with van der Waals surface area (Å²) in [7, 11) is 0. The molecule has 96 valence electrons. The van der Waals surface area contributed by atoms with Gasteiger partial charge in [0.1, 0.15) is 14.1 Å². The summed E-state index contributed by atoms with van der Waals surface area (Å²) in [5, 5.41) is 0.987. The Hall–Kier alpha value is -1.55. The first-order chi connectivity index (χ1) is 9.13. The van der Waals surface area contributed by atoms with Crippen molar-refractivity contribution in [1.29, 1.82) is 0 Å². The summed E-state index contributed by atoms with van der Waals surface area (Å²) in [6.45, 7) is 0. The summed E-state index contributed by atoms with van der Waals surface area (Å²) < 4.78 is 6.07. The van der Waals surface area contributed by atoms with Crippen LogP contribution in [0.2, 0.25) is 0 Å². The molecule has 0 unspecified atom stereocenters. The lowest BCUT2D eigenvalue weighted by Crippen LogP contribution is -2.10. The third-order valence-electron chi connectivity index (χ3n) is 2.34. The third-order valence-corrected chi connectivity index (χ3v) is 4.56. The lowest BCUT2D eigenvalue weighted by molar-refractivity contribution is 0.489. The molecule has 0 aliphatic carbocycles. The number of aromatic nitrogens is 3. The first kappa shape index (κ1) is 12.5. The van der Waals surface area contributed by atoms with Crippen LogP contribution < -0.4 is 11.3 Å². The van der Waals surface area contributed by atoms with Gasteiger partial charge in [0, 0.05) is 5.69 Å². The molecular formula is C11H7IN4O2S. The molecule has 0 aliphatic rings. The first-order valence-corrected chi connectivity index (χ1v) is 7.10. The molecule has 0 radical (unpaired) electrons. The molecule has 2 aromatic heterocycles.